The van der Waals surface area contributed by atoms with Gasteiger partial charge in [0.1, 0.15) is 12.6 Å². The Hall–Kier alpha value is -2.41. The standard InChI is InChI=1S/C24H34N4O3/c29-22-18-27(24(31)21-7-2-5-16-28(21)22)17-19-8-10-20(11-9-19)23(30)25-12-6-15-26-13-3-1-4-14-26/h8-11,21H,1-7,12-18H2,(H,25,30). The van der Waals surface area contributed by atoms with Crippen molar-refractivity contribution in [2.75, 3.05) is 39.3 Å². The van der Waals surface area contributed by atoms with Crippen LogP contribution in [0.2, 0.25) is 0 Å². The normalized spacial score (nSPS) is 22.4. The molecule has 3 fully saturated rings. The van der Waals surface area contributed by atoms with Gasteiger partial charge in [-0.3, -0.25) is 14.4 Å². The average molecular weight is 427 g/mol. The molecule has 7 heteroatoms. The molecule has 31 heavy (non-hydrogen) atoms. The molecule has 0 radical (unpaired) electrons. The monoisotopic (exact) mass is 426 g/mol. The van der Waals surface area contributed by atoms with Crippen LogP contribution < -0.4 is 5.32 Å². The van der Waals surface area contributed by atoms with Gasteiger partial charge in [-0.1, -0.05) is 18.6 Å². The Morgan fingerprint density at radius 2 is 1.71 bits per heavy atom. The minimum atomic E-state index is -0.287. The first-order valence-electron chi connectivity index (χ1n) is 11.8. The van der Waals surface area contributed by atoms with Gasteiger partial charge in [0.15, 0.2) is 0 Å². The van der Waals surface area contributed by atoms with Crippen LogP contribution in [-0.2, 0) is 16.1 Å². The van der Waals surface area contributed by atoms with Gasteiger partial charge in [0.05, 0.1) is 0 Å². The molecule has 7 nitrogen and oxygen atoms in total. The molecule has 1 aromatic rings. The molecule has 1 atom stereocenters. The van der Waals surface area contributed by atoms with Gasteiger partial charge in [0, 0.05) is 25.2 Å². The van der Waals surface area contributed by atoms with Crippen molar-refractivity contribution in [1.29, 1.82) is 0 Å². The molecule has 0 saturated carbocycles. The van der Waals surface area contributed by atoms with E-state index in [0.29, 0.717) is 25.2 Å². The molecular weight excluding hydrogens is 392 g/mol. The van der Waals surface area contributed by atoms with Gasteiger partial charge in [-0.2, -0.15) is 0 Å². The van der Waals surface area contributed by atoms with Crippen LogP contribution in [0.4, 0.5) is 0 Å². The molecule has 0 aromatic heterocycles. The molecule has 0 aliphatic carbocycles. The lowest BCUT2D eigenvalue weighted by atomic mass is 9.98. The maximum atomic E-state index is 12.8. The summed E-state index contributed by atoms with van der Waals surface area (Å²) in [5.41, 5.74) is 1.56. The van der Waals surface area contributed by atoms with Crippen LogP contribution in [0.3, 0.4) is 0 Å². The lowest BCUT2D eigenvalue weighted by Gasteiger charge is -2.42. The molecule has 1 N–H and O–H groups in total. The summed E-state index contributed by atoms with van der Waals surface area (Å²) >= 11 is 0. The van der Waals surface area contributed by atoms with E-state index in [1.165, 1.54) is 32.4 Å². The van der Waals surface area contributed by atoms with E-state index < -0.39 is 0 Å². The molecule has 0 bridgehead atoms. The molecule has 4 rings (SSSR count). The summed E-state index contributed by atoms with van der Waals surface area (Å²) in [6, 6.07) is 7.09. The van der Waals surface area contributed by atoms with Crippen molar-refractivity contribution in [3.05, 3.63) is 35.4 Å². The van der Waals surface area contributed by atoms with E-state index in [9.17, 15) is 14.4 Å². The number of likely N-dealkylation sites (tertiary alicyclic amines) is 1. The summed E-state index contributed by atoms with van der Waals surface area (Å²) in [5, 5.41) is 3.00. The summed E-state index contributed by atoms with van der Waals surface area (Å²) in [5.74, 6) is 0.0342. The van der Waals surface area contributed by atoms with Gasteiger partial charge in [-0.25, -0.2) is 0 Å². The van der Waals surface area contributed by atoms with Crippen molar-refractivity contribution in [2.45, 2.75) is 57.5 Å². The Kier molecular flexibility index (Phi) is 7.22. The third kappa shape index (κ3) is 5.45. The van der Waals surface area contributed by atoms with Crippen LogP contribution in [0, 0.1) is 0 Å². The number of piperidine rings is 2. The Morgan fingerprint density at radius 1 is 0.968 bits per heavy atom. The second-order valence-corrected chi connectivity index (χ2v) is 9.00. The third-order valence-corrected chi connectivity index (χ3v) is 6.72. The van der Waals surface area contributed by atoms with Crippen molar-refractivity contribution in [1.82, 2.24) is 20.0 Å². The van der Waals surface area contributed by atoms with E-state index >= 15 is 0 Å². The van der Waals surface area contributed by atoms with E-state index in [-0.39, 0.29) is 30.3 Å². The average Bonchev–Trinajstić information content (AvgIpc) is 2.81. The molecule has 3 saturated heterocycles. The van der Waals surface area contributed by atoms with Gasteiger partial charge < -0.3 is 20.0 Å². The summed E-state index contributed by atoms with van der Waals surface area (Å²) in [4.78, 5) is 43.5. The number of nitrogens with zero attached hydrogens (tertiary/aromatic N) is 3. The van der Waals surface area contributed by atoms with Crippen LogP contribution in [0.25, 0.3) is 0 Å². The van der Waals surface area contributed by atoms with E-state index in [1.54, 1.807) is 21.9 Å². The van der Waals surface area contributed by atoms with Crippen molar-refractivity contribution in [3.8, 4) is 0 Å². The van der Waals surface area contributed by atoms with Gasteiger partial charge in [-0.15, -0.1) is 0 Å². The van der Waals surface area contributed by atoms with Crippen molar-refractivity contribution < 1.29 is 14.4 Å². The lowest BCUT2D eigenvalue weighted by Crippen LogP contribution is -2.60. The Bertz CT molecular complexity index is 789. The number of piperazine rings is 1. The first-order valence-corrected chi connectivity index (χ1v) is 11.8. The number of hydrogen-bond acceptors (Lipinski definition) is 4. The van der Waals surface area contributed by atoms with Crippen molar-refractivity contribution >= 4 is 17.7 Å². The number of fused-ring (bicyclic) bond motifs is 1. The predicted octanol–water partition coefficient (Wildman–Crippen LogP) is 2.02. The van der Waals surface area contributed by atoms with Gasteiger partial charge >= 0.3 is 0 Å². The zero-order chi connectivity index (χ0) is 21.6. The minimum absolute atomic E-state index is 0.0462. The SMILES string of the molecule is O=C(NCCCN1CCCCC1)c1ccc(CN2CC(=O)N3CCCCC3C2=O)cc1. The number of carbonyl (C=O) groups excluding carboxylic acids is 3. The van der Waals surface area contributed by atoms with Crippen LogP contribution in [0.15, 0.2) is 24.3 Å². The quantitative estimate of drug-likeness (QED) is 0.677. The van der Waals surface area contributed by atoms with E-state index in [4.69, 9.17) is 0 Å². The van der Waals surface area contributed by atoms with E-state index in [2.05, 4.69) is 10.2 Å². The van der Waals surface area contributed by atoms with E-state index in [0.717, 1.165) is 37.8 Å². The second kappa shape index (κ2) is 10.3. The molecule has 3 heterocycles. The predicted molar refractivity (Wildman–Crippen MR) is 118 cm³/mol. The first-order chi connectivity index (χ1) is 15.1. The number of rotatable bonds is 7. The highest BCUT2D eigenvalue weighted by molar-refractivity contribution is 5.95. The first kappa shape index (κ1) is 21.8. The molecule has 3 aliphatic rings. The second-order valence-electron chi connectivity index (χ2n) is 9.00. The number of amides is 3. The van der Waals surface area contributed by atoms with Gasteiger partial charge in [0.25, 0.3) is 5.91 Å². The third-order valence-electron chi connectivity index (χ3n) is 6.72. The van der Waals surface area contributed by atoms with E-state index in [1.807, 2.05) is 12.1 Å². The summed E-state index contributed by atoms with van der Waals surface area (Å²) in [7, 11) is 0. The summed E-state index contributed by atoms with van der Waals surface area (Å²) in [6.45, 7) is 5.34. The fourth-order valence-electron chi connectivity index (χ4n) is 4.93. The molecule has 168 valence electrons. The smallest absolute Gasteiger partial charge is 0.251 e. The number of carbonyl (C=O) groups is 3. The fourth-order valence-corrected chi connectivity index (χ4v) is 4.93. The molecule has 3 aliphatic heterocycles. The summed E-state index contributed by atoms with van der Waals surface area (Å²) in [6.07, 6.45) is 7.62. The van der Waals surface area contributed by atoms with Gasteiger partial charge in [-0.05, 0) is 75.9 Å². The van der Waals surface area contributed by atoms with Crippen LogP contribution >= 0.6 is 0 Å². The highest BCUT2D eigenvalue weighted by Gasteiger charge is 2.40. The lowest BCUT2D eigenvalue weighted by molar-refractivity contribution is -0.158. The number of benzene rings is 1. The van der Waals surface area contributed by atoms with Gasteiger partial charge in [0.2, 0.25) is 11.8 Å². The number of hydrogen-bond donors (Lipinski definition) is 1. The molecule has 1 aromatic carbocycles. The summed E-state index contributed by atoms with van der Waals surface area (Å²) < 4.78 is 0. The molecular formula is C24H34N4O3. The Labute approximate surface area is 184 Å². The highest BCUT2D eigenvalue weighted by Crippen LogP contribution is 2.24. The molecule has 3 amide bonds. The largest absolute Gasteiger partial charge is 0.352 e. The van der Waals surface area contributed by atoms with Crippen molar-refractivity contribution in [3.63, 3.8) is 0 Å². The zero-order valence-electron chi connectivity index (χ0n) is 18.4. The number of nitrogens with one attached hydrogen (secondary N) is 1. The van der Waals surface area contributed by atoms with Crippen LogP contribution in [-0.4, -0.2) is 77.7 Å². The Morgan fingerprint density at radius 3 is 2.48 bits per heavy atom. The Balaban J connectivity index is 1.24. The van der Waals surface area contributed by atoms with Crippen molar-refractivity contribution in [2.24, 2.45) is 0 Å². The van der Waals surface area contributed by atoms with Crippen LogP contribution in [0.5, 0.6) is 0 Å². The molecule has 1 unspecified atom stereocenters. The van der Waals surface area contributed by atoms with Crippen LogP contribution in [0.1, 0.15) is 60.9 Å². The highest BCUT2D eigenvalue weighted by atomic mass is 16.2. The topological polar surface area (TPSA) is 73.0 Å². The minimum Gasteiger partial charge on any atom is -0.352 e. The fraction of sp³-hybridized carbons (Fsp3) is 0.625. The maximum Gasteiger partial charge on any atom is 0.251 e. The zero-order valence-corrected chi connectivity index (χ0v) is 18.4. The molecule has 0 spiro atoms. The maximum absolute atomic E-state index is 12.8.